The van der Waals surface area contributed by atoms with Crippen LogP contribution in [0.5, 0.6) is 0 Å². The summed E-state index contributed by atoms with van der Waals surface area (Å²) in [5.41, 5.74) is 1.22. The van der Waals surface area contributed by atoms with E-state index >= 15 is 0 Å². The fourth-order valence-corrected chi connectivity index (χ4v) is 2.41. The Morgan fingerprint density at radius 3 is 2.71 bits per heavy atom. The Balaban J connectivity index is 2.07. The van der Waals surface area contributed by atoms with Gasteiger partial charge in [-0.05, 0) is 28.8 Å². The van der Waals surface area contributed by atoms with E-state index in [0.29, 0.717) is 6.42 Å². The van der Waals surface area contributed by atoms with E-state index in [9.17, 15) is 4.79 Å². The monoisotopic (exact) mass is 288 g/mol. The summed E-state index contributed by atoms with van der Waals surface area (Å²) in [5.74, 6) is -0.0727. The van der Waals surface area contributed by atoms with Crippen molar-refractivity contribution in [3.63, 3.8) is 0 Å². The number of hydrogen-bond acceptors (Lipinski definition) is 4. The summed E-state index contributed by atoms with van der Waals surface area (Å²) in [6.45, 7) is 2.03. The summed E-state index contributed by atoms with van der Waals surface area (Å²) in [7, 11) is 0. The van der Waals surface area contributed by atoms with Gasteiger partial charge in [-0.1, -0.05) is 43.7 Å². The number of hydrogen-bond donors (Lipinski definition) is 1. The average molecular weight is 288 g/mol. The molecule has 2 aromatic rings. The zero-order chi connectivity index (χ0) is 15.1. The maximum Gasteiger partial charge on any atom is 0.305 e. The summed E-state index contributed by atoms with van der Waals surface area (Å²) < 4.78 is 1.68. The van der Waals surface area contributed by atoms with Crippen LogP contribution in [0.25, 0.3) is 0 Å². The van der Waals surface area contributed by atoms with Crippen LogP contribution in [0.1, 0.15) is 43.6 Å². The maximum absolute atomic E-state index is 11.0. The van der Waals surface area contributed by atoms with Crippen LogP contribution in [0.2, 0.25) is 0 Å². The standard InChI is InChI=1S/C15H20N4O2/c1-2-6-13(11-15(20)21)19-14(16-17-18-19)10-9-12-7-4-3-5-8-12/h3-5,7-8,13H,2,6,9-11H2,1H3,(H,20,21). The molecule has 0 aliphatic carbocycles. The lowest BCUT2D eigenvalue weighted by Gasteiger charge is -2.15. The van der Waals surface area contributed by atoms with Gasteiger partial charge in [0.15, 0.2) is 5.82 Å². The molecule has 0 spiro atoms. The fourth-order valence-electron chi connectivity index (χ4n) is 2.41. The van der Waals surface area contributed by atoms with Gasteiger partial charge in [0.2, 0.25) is 0 Å². The van der Waals surface area contributed by atoms with E-state index in [-0.39, 0.29) is 12.5 Å². The number of carboxylic acids is 1. The second kappa shape index (κ2) is 7.52. The van der Waals surface area contributed by atoms with E-state index < -0.39 is 5.97 Å². The smallest absolute Gasteiger partial charge is 0.305 e. The minimum Gasteiger partial charge on any atom is -0.481 e. The highest BCUT2D eigenvalue weighted by molar-refractivity contribution is 5.67. The second-order valence-electron chi connectivity index (χ2n) is 5.07. The molecule has 0 saturated carbocycles. The van der Waals surface area contributed by atoms with E-state index in [1.54, 1.807) is 4.68 Å². The van der Waals surface area contributed by atoms with Crippen LogP contribution in [0, 0.1) is 0 Å². The molecular formula is C15H20N4O2. The van der Waals surface area contributed by atoms with Crippen molar-refractivity contribution in [3.8, 4) is 0 Å². The van der Waals surface area contributed by atoms with E-state index in [1.807, 2.05) is 25.1 Å². The molecule has 1 aromatic heterocycles. The molecule has 1 unspecified atom stereocenters. The predicted molar refractivity (Wildman–Crippen MR) is 77.9 cm³/mol. The number of carbonyl (C=O) groups is 1. The van der Waals surface area contributed by atoms with Gasteiger partial charge in [-0.25, -0.2) is 4.68 Å². The number of aromatic nitrogens is 4. The molecule has 1 aromatic carbocycles. The zero-order valence-electron chi connectivity index (χ0n) is 12.1. The van der Waals surface area contributed by atoms with Crippen LogP contribution in [0.3, 0.4) is 0 Å². The predicted octanol–water partition coefficient (Wildman–Crippen LogP) is 2.27. The van der Waals surface area contributed by atoms with E-state index in [1.165, 1.54) is 5.56 Å². The topological polar surface area (TPSA) is 80.9 Å². The minimum atomic E-state index is -0.821. The van der Waals surface area contributed by atoms with Gasteiger partial charge < -0.3 is 5.11 Å². The summed E-state index contributed by atoms with van der Waals surface area (Å²) in [4.78, 5) is 11.0. The Hall–Kier alpha value is -2.24. The Kier molecular flexibility index (Phi) is 5.43. The number of benzene rings is 1. The average Bonchev–Trinajstić information content (AvgIpc) is 2.94. The Labute approximate surface area is 123 Å². The van der Waals surface area contributed by atoms with E-state index in [4.69, 9.17) is 5.11 Å². The van der Waals surface area contributed by atoms with Crippen molar-refractivity contribution in [2.45, 2.75) is 45.1 Å². The number of nitrogens with zero attached hydrogens (tertiary/aromatic N) is 4. The van der Waals surface area contributed by atoms with Crippen LogP contribution in [0.4, 0.5) is 0 Å². The second-order valence-corrected chi connectivity index (χ2v) is 5.07. The first kappa shape index (κ1) is 15.2. The van der Waals surface area contributed by atoms with Crippen molar-refractivity contribution in [1.82, 2.24) is 20.2 Å². The molecule has 0 bridgehead atoms. The number of carboxylic acid groups (broad SMARTS) is 1. The highest BCUT2D eigenvalue weighted by Gasteiger charge is 2.19. The number of tetrazole rings is 1. The summed E-state index contributed by atoms with van der Waals surface area (Å²) in [5, 5.41) is 20.8. The molecule has 6 heteroatoms. The molecule has 0 fully saturated rings. The van der Waals surface area contributed by atoms with Gasteiger partial charge in [-0.2, -0.15) is 0 Å². The van der Waals surface area contributed by atoms with Gasteiger partial charge in [-0.3, -0.25) is 4.79 Å². The van der Waals surface area contributed by atoms with Crippen LogP contribution < -0.4 is 0 Å². The number of aryl methyl sites for hydroxylation is 2. The third-order valence-corrected chi connectivity index (χ3v) is 3.42. The van der Waals surface area contributed by atoms with Gasteiger partial charge >= 0.3 is 5.97 Å². The summed E-state index contributed by atoms with van der Waals surface area (Å²) in [6.07, 6.45) is 3.26. The number of aliphatic carboxylic acids is 1. The van der Waals surface area contributed by atoms with Crippen molar-refractivity contribution in [3.05, 3.63) is 41.7 Å². The van der Waals surface area contributed by atoms with Crippen molar-refractivity contribution in [2.24, 2.45) is 0 Å². The highest BCUT2D eigenvalue weighted by atomic mass is 16.4. The van der Waals surface area contributed by atoms with Crippen molar-refractivity contribution in [2.75, 3.05) is 0 Å². The molecular weight excluding hydrogens is 268 g/mol. The van der Waals surface area contributed by atoms with Crippen molar-refractivity contribution < 1.29 is 9.90 Å². The zero-order valence-corrected chi connectivity index (χ0v) is 12.1. The normalized spacial score (nSPS) is 12.2. The van der Waals surface area contributed by atoms with Gasteiger partial charge in [0.05, 0.1) is 12.5 Å². The van der Waals surface area contributed by atoms with Gasteiger partial charge in [0.1, 0.15) is 0 Å². The maximum atomic E-state index is 11.0. The fraction of sp³-hybridized carbons (Fsp3) is 0.467. The van der Waals surface area contributed by atoms with E-state index in [2.05, 4.69) is 27.7 Å². The Morgan fingerprint density at radius 1 is 1.29 bits per heavy atom. The van der Waals surface area contributed by atoms with E-state index in [0.717, 1.165) is 25.1 Å². The lowest BCUT2D eigenvalue weighted by molar-refractivity contribution is -0.138. The SMILES string of the molecule is CCCC(CC(=O)O)n1nnnc1CCc1ccccc1. The Bertz CT molecular complexity index is 568. The van der Waals surface area contributed by atoms with Gasteiger partial charge in [0, 0.05) is 6.42 Å². The lowest BCUT2D eigenvalue weighted by Crippen LogP contribution is -2.18. The molecule has 1 atom stereocenters. The summed E-state index contributed by atoms with van der Waals surface area (Å²) >= 11 is 0. The first-order valence-electron chi connectivity index (χ1n) is 7.23. The van der Waals surface area contributed by atoms with Gasteiger partial charge in [-0.15, -0.1) is 5.10 Å². The van der Waals surface area contributed by atoms with Crippen LogP contribution in [0.15, 0.2) is 30.3 Å². The molecule has 0 amide bonds. The third-order valence-electron chi connectivity index (χ3n) is 3.42. The highest BCUT2D eigenvalue weighted by Crippen LogP contribution is 2.19. The molecule has 1 heterocycles. The molecule has 0 radical (unpaired) electrons. The molecule has 21 heavy (non-hydrogen) atoms. The van der Waals surface area contributed by atoms with Crippen LogP contribution in [-0.2, 0) is 17.6 Å². The first-order valence-corrected chi connectivity index (χ1v) is 7.23. The minimum absolute atomic E-state index is 0.0528. The molecule has 112 valence electrons. The Morgan fingerprint density at radius 2 is 2.05 bits per heavy atom. The first-order chi connectivity index (χ1) is 10.2. The van der Waals surface area contributed by atoms with Crippen molar-refractivity contribution >= 4 is 5.97 Å². The van der Waals surface area contributed by atoms with Gasteiger partial charge in [0.25, 0.3) is 0 Å². The molecule has 1 N–H and O–H groups in total. The molecule has 6 nitrogen and oxygen atoms in total. The molecule has 0 aliphatic rings. The molecule has 0 saturated heterocycles. The quantitative estimate of drug-likeness (QED) is 0.806. The van der Waals surface area contributed by atoms with Crippen molar-refractivity contribution in [1.29, 1.82) is 0 Å². The van der Waals surface area contributed by atoms with Crippen LogP contribution >= 0.6 is 0 Å². The summed E-state index contributed by atoms with van der Waals surface area (Å²) in [6, 6.07) is 9.94. The third kappa shape index (κ3) is 4.37. The largest absolute Gasteiger partial charge is 0.481 e. The lowest BCUT2D eigenvalue weighted by atomic mass is 10.1. The number of rotatable bonds is 8. The van der Waals surface area contributed by atoms with Crippen LogP contribution in [-0.4, -0.2) is 31.3 Å². The molecule has 2 rings (SSSR count). The molecule has 0 aliphatic heterocycles.